The van der Waals surface area contributed by atoms with Crippen molar-refractivity contribution in [1.82, 2.24) is 29.8 Å². The molecule has 0 aliphatic carbocycles. The minimum atomic E-state index is -3.41. The summed E-state index contributed by atoms with van der Waals surface area (Å²) in [7, 11) is -1.65. The topological polar surface area (TPSA) is 124 Å². The second kappa shape index (κ2) is 6.46. The van der Waals surface area contributed by atoms with Crippen LogP contribution in [0, 0.1) is 6.92 Å². The normalized spacial score (nSPS) is 21.7. The first-order valence-electron chi connectivity index (χ1n) is 9.57. The molecule has 0 N–H and O–H groups in total. The minimum absolute atomic E-state index is 0.0371. The van der Waals surface area contributed by atoms with Gasteiger partial charge in [-0.1, -0.05) is 5.16 Å². The molecule has 2 fully saturated rings. The Morgan fingerprint density at radius 2 is 2.00 bits per heavy atom. The molecule has 3 aromatic heterocycles. The smallest absolute Gasteiger partial charge is 0.274 e. The number of sulfone groups is 1. The average Bonchev–Trinajstić information content (AvgIpc) is 3.37. The second-order valence-corrected chi connectivity index (χ2v) is 10.3. The van der Waals surface area contributed by atoms with Crippen molar-refractivity contribution in [3.8, 4) is 11.4 Å². The van der Waals surface area contributed by atoms with Gasteiger partial charge >= 0.3 is 0 Å². The van der Waals surface area contributed by atoms with Gasteiger partial charge in [0, 0.05) is 43.8 Å². The van der Waals surface area contributed by atoms with Gasteiger partial charge in [0.15, 0.2) is 15.5 Å². The van der Waals surface area contributed by atoms with Crippen LogP contribution in [0.1, 0.15) is 34.4 Å². The molecular formula is C19H20N6O4S. The van der Waals surface area contributed by atoms with E-state index in [1.54, 1.807) is 42.3 Å². The number of nitrogens with zero attached hydrogens (tertiary/aromatic N) is 6. The van der Waals surface area contributed by atoms with Crippen LogP contribution in [-0.4, -0.2) is 67.7 Å². The number of amides is 1. The SMILES string of the molecule is Cc1cc(C(=O)N2CC3(C2)C(c2nc(-c4ccncc4)no2)CCS3(=O)=O)nn1C. The van der Waals surface area contributed by atoms with Crippen LogP contribution in [0.15, 0.2) is 35.1 Å². The third kappa shape index (κ3) is 2.68. The van der Waals surface area contributed by atoms with E-state index < -0.39 is 20.5 Å². The molecule has 30 heavy (non-hydrogen) atoms. The fraction of sp³-hybridized carbons (Fsp3) is 0.421. The van der Waals surface area contributed by atoms with Gasteiger partial charge in [-0.3, -0.25) is 14.5 Å². The highest BCUT2D eigenvalue weighted by atomic mass is 32.2. The lowest BCUT2D eigenvalue weighted by atomic mass is 9.83. The van der Waals surface area contributed by atoms with Crippen molar-refractivity contribution in [1.29, 1.82) is 0 Å². The van der Waals surface area contributed by atoms with E-state index in [9.17, 15) is 13.2 Å². The Bertz CT molecular complexity index is 1210. The number of aromatic nitrogens is 5. The minimum Gasteiger partial charge on any atom is -0.339 e. The highest BCUT2D eigenvalue weighted by Gasteiger charge is 2.64. The van der Waals surface area contributed by atoms with E-state index in [2.05, 4.69) is 20.2 Å². The Morgan fingerprint density at radius 3 is 2.67 bits per heavy atom. The van der Waals surface area contributed by atoms with E-state index in [0.717, 1.165) is 11.3 Å². The molecule has 5 heterocycles. The van der Waals surface area contributed by atoms with Gasteiger partial charge < -0.3 is 9.42 Å². The molecule has 1 amide bonds. The summed E-state index contributed by atoms with van der Waals surface area (Å²) < 4.78 is 31.9. The third-order valence-corrected chi connectivity index (χ3v) is 8.70. The molecule has 0 aromatic carbocycles. The molecule has 1 spiro atoms. The van der Waals surface area contributed by atoms with E-state index in [0.29, 0.717) is 23.8 Å². The summed E-state index contributed by atoms with van der Waals surface area (Å²) in [5.74, 6) is 0.00930. The van der Waals surface area contributed by atoms with Crippen molar-refractivity contribution < 1.29 is 17.7 Å². The van der Waals surface area contributed by atoms with Crippen LogP contribution in [0.4, 0.5) is 0 Å². The zero-order chi connectivity index (χ0) is 21.1. The number of carbonyl (C=O) groups excluding carboxylic acids is 1. The van der Waals surface area contributed by atoms with Crippen molar-refractivity contribution in [2.24, 2.45) is 7.05 Å². The Kier molecular flexibility index (Phi) is 4.07. The molecule has 2 aliphatic rings. The lowest BCUT2D eigenvalue weighted by Crippen LogP contribution is -2.67. The summed E-state index contributed by atoms with van der Waals surface area (Å²) in [6.07, 6.45) is 3.65. The molecule has 2 saturated heterocycles. The van der Waals surface area contributed by atoms with Crippen LogP contribution in [0.2, 0.25) is 0 Å². The number of rotatable bonds is 3. The van der Waals surface area contributed by atoms with Crippen molar-refractivity contribution in [2.45, 2.75) is 24.0 Å². The van der Waals surface area contributed by atoms with Gasteiger partial charge in [-0.2, -0.15) is 10.1 Å². The molecule has 156 valence electrons. The average molecular weight is 428 g/mol. The zero-order valence-corrected chi connectivity index (χ0v) is 17.3. The predicted molar refractivity (Wildman–Crippen MR) is 105 cm³/mol. The molecule has 2 aliphatic heterocycles. The number of hydrogen-bond acceptors (Lipinski definition) is 8. The Morgan fingerprint density at radius 1 is 1.27 bits per heavy atom. The summed E-state index contributed by atoms with van der Waals surface area (Å²) >= 11 is 0. The van der Waals surface area contributed by atoms with Crippen LogP contribution < -0.4 is 0 Å². The van der Waals surface area contributed by atoms with E-state index in [1.807, 2.05) is 6.92 Å². The van der Waals surface area contributed by atoms with E-state index in [-0.39, 0.29) is 24.7 Å². The number of hydrogen-bond donors (Lipinski definition) is 0. The van der Waals surface area contributed by atoms with Crippen LogP contribution in [0.25, 0.3) is 11.4 Å². The number of pyridine rings is 1. The van der Waals surface area contributed by atoms with Gasteiger partial charge in [-0.15, -0.1) is 0 Å². The van der Waals surface area contributed by atoms with Crippen LogP contribution in [0.5, 0.6) is 0 Å². The highest BCUT2D eigenvalue weighted by molar-refractivity contribution is 7.93. The van der Waals surface area contributed by atoms with Gasteiger partial charge in [0.05, 0.1) is 11.7 Å². The van der Waals surface area contributed by atoms with Gasteiger partial charge in [0.25, 0.3) is 5.91 Å². The largest absolute Gasteiger partial charge is 0.339 e. The first kappa shape index (κ1) is 18.9. The maximum absolute atomic E-state index is 12.9. The molecule has 0 saturated carbocycles. The first-order valence-corrected chi connectivity index (χ1v) is 11.2. The summed E-state index contributed by atoms with van der Waals surface area (Å²) in [6, 6.07) is 5.22. The molecule has 10 nitrogen and oxygen atoms in total. The van der Waals surface area contributed by atoms with E-state index in [4.69, 9.17) is 4.52 Å². The second-order valence-electron chi connectivity index (χ2n) is 7.87. The zero-order valence-electron chi connectivity index (χ0n) is 16.5. The van der Waals surface area contributed by atoms with Crippen LogP contribution >= 0.6 is 0 Å². The molecule has 3 aromatic rings. The monoisotopic (exact) mass is 428 g/mol. The van der Waals surface area contributed by atoms with Crippen molar-refractivity contribution >= 4 is 15.7 Å². The molecule has 0 radical (unpaired) electrons. The van der Waals surface area contributed by atoms with Crippen LogP contribution in [0.3, 0.4) is 0 Å². The van der Waals surface area contributed by atoms with Gasteiger partial charge in [-0.05, 0) is 31.5 Å². The fourth-order valence-electron chi connectivity index (χ4n) is 4.29. The van der Waals surface area contributed by atoms with Crippen LogP contribution in [-0.2, 0) is 16.9 Å². The van der Waals surface area contributed by atoms with Gasteiger partial charge in [0.1, 0.15) is 4.75 Å². The van der Waals surface area contributed by atoms with Crippen molar-refractivity contribution in [2.75, 3.05) is 18.8 Å². The maximum atomic E-state index is 12.9. The molecule has 5 rings (SSSR count). The number of aryl methyl sites for hydroxylation is 2. The van der Waals surface area contributed by atoms with E-state index >= 15 is 0 Å². The van der Waals surface area contributed by atoms with Crippen molar-refractivity contribution in [3.05, 3.63) is 47.9 Å². The lowest BCUT2D eigenvalue weighted by Gasteiger charge is -2.48. The molecule has 1 atom stereocenters. The van der Waals surface area contributed by atoms with Gasteiger partial charge in [0.2, 0.25) is 11.7 Å². The van der Waals surface area contributed by atoms with Gasteiger partial charge in [-0.25, -0.2) is 8.42 Å². The molecular weight excluding hydrogens is 408 g/mol. The predicted octanol–water partition coefficient (Wildman–Crippen LogP) is 0.970. The van der Waals surface area contributed by atoms with Crippen molar-refractivity contribution in [3.63, 3.8) is 0 Å². The molecule has 11 heteroatoms. The summed E-state index contributed by atoms with van der Waals surface area (Å²) in [6.45, 7) is 2.05. The third-order valence-electron chi connectivity index (χ3n) is 6.15. The van der Waals surface area contributed by atoms with E-state index in [1.165, 1.54) is 4.90 Å². The Hall–Kier alpha value is -3.08. The number of likely N-dealkylation sites (tertiary alicyclic amines) is 1. The maximum Gasteiger partial charge on any atom is 0.274 e. The highest BCUT2D eigenvalue weighted by Crippen LogP contribution is 2.49. The lowest BCUT2D eigenvalue weighted by molar-refractivity contribution is 0.0497. The number of carbonyl (C=O) groups is 1. The standard InChI is InChI=1S/C19H20N6O4S/c1-12-9-15(22-24(12)2)18(26)25-10-19(11-25)14(5-8-30(19,27)28)17-21-16(23-29-17)13-3-6-20-7-4-13/h3-4,6-7,9,14H,5,8,10-11H2,1-2H3. The summed E-state index contributed by atoms with van der Waals surface area (Å²) in [5, 5.41) is 8.22. The molecule has 1 unspecified atom stereocenters. The fourth-order valence-corrected chi connectivity index (χ4v) is 6.60. The first-order chi connectivity index (χ1) is 14.3. The summed E-state index contributed by atoms with van der Waals surface area (Å²) in [4.78, 5) is 22.7. The Balaban J connectivity index is 1.41. The summed E-state index contributed by atoms with van der Waals surface area (Å²) in [5.41, 5.74) is 1.91. The quantitative estimate of drug-likeness (QED) is 0.604. The molecule has 0 bridgehead atoms. The Labute approximate surface area is 172 Å².